The van der Waals surface area contributed by atoms with E-state index in [1.165, 1.54) is 4.90 Å². The first-order valence-corrected chi connectivity index (χ1v) is 12.4. The molecule has 0 radical (unpaired) electrons. The second-order valence-corrected chi connectivity index (χ2v) is 9.39. The molecular formula is C31H26N2O5. The Balaban J connectivity index is 1.60. The SMILES string of the molecule is COc1cccc(N2C(=O)C(=O)/C(=C(/O)c3ccc4c(c3)N(C)CCO4)C2c2cccc3ccccc23)c1. The molecule has 1 unspecified atom stereocenters. The highest BCUT2D eigenvalue weighted by Gasteiger charge is 2.47. The Morgan fingerprint density at radius 1 is 0.974 bits per heavy atom. The second-order valence-electron chi connectivity index (χ2n) is 9.39. The average Bonchev–Trinajstić information content (AvgIpc) is 3.22. The first kappa shape index (κ1) is 23.6. The molecule has 1 atom stereocenters. The number of aliphatic hydroxyl groups excluding tert-OH is 1. The maximum absolute atomic E-state index is 13.7. The Kier molecular flexibility index (Phi) is 5.76. The number of benzene rings is 4. The standard InChI is InChI=1S/C31H26N2O5/c1-32-15-16-38-26-14-13-20(17-25(26)32)29(34)27-28(24-12-5-8-19-7-3-4-11-23(19)24)33(31(36)30(27)35)21-9-6-10-22(18-21)37-2/h3-14,17-18,28,34H,15-16H2,1-2H3/b29-27+. The number of ether oxygens (including phenoxy) is 2. The van der Waals surface area contributed by atoms with E-state index in [9.17, 15) is 14.7 Å². The van der Waals surface area contributed by atoms with Gasteiger partial charge in [-0.05, 0) is 46.7 Å². The summed E-state index contributed by atoms with van der Waals surface area (Å²) < 4.78 is 11.1. The molecule has 7 nitrogen and oxygen atoms in total. The van der Waals surface area contributed by atoms with Crippen LogP contribution in [0.4, 0.5) is 11.4 Å². The van der Waals surface area contributed by atoms with Crippen molar-refractivity contribution >= 4 is 39.6 Å². The van der Waals surface area contributed by atoms with Crippen LogP contribution in [0.3, 0.4) is 0 Å². The minimum atomic E-state index is -0.849. The zero-order chi connectivity index (χ0) is 26.4. The third kappa shape index (κ3) is 3.75. The van der Waals surface area contributed by atoms with Gasteiger partial charge in [-0.1, -0.05) is 48.5 Å². The van der Waals surface area contributed by atoms with Crippen molar-refractivity contribution in [3.05, 3.63) is 102 Å². The first-order chi connectivity index (χ1) is 18.5. The molecule has 6 rings (SSSR count). The number of anilines is 2. The van der Waals surface area contributed by atoms with Crippen LogP contribution in [0.15, 0.2) is 90.5 Å². The van der Waals surface area contributed by atoms with Crippen molar-refractivity contribution in [1.29, 1.82) is 0 Å². The number of ketones is 1. The number of carbonyl (C=O) groups excluding carboxylic acids is 2. The van der Waals surface area contributed by atoms with Crippen molar-refractivity contribution in [2.24, 2.45) is 0 Å². The van der Waals surface area contributed by atoms with Gasteiger partial charge in [0.05, 0.1) is 31.0 Å². The normalized spacial score (nSPS) is 18.4. The van der Waals surface area contributed by atoms with E-state index in [2.05, 4.69) is 0 Å². The van der Waals surface area contributed by atoms with E-state index in [1.807, 2.05) is 54.4 Å². The first-order valence-electron chi connectivity index (χ1n) is 12.4. The lowest BCUT2D eigenvalue weighted by Gasteiger charge is -2.28. The summed E-state index contributed by atoms with van der Waals surface area (Å²) >= 11 is 0. The molecule has 1 fully saturated rings. The highest BCUT2D eigenvalue weighted by atomic mass is 16.5. The molecular weight excluding hydrogens is 480 g/mol. The summed E-state index contributed by atoms with van der Waals surface area (Å²) in [6.45, 7) is 1.27. The fraction of sp³-hybridized carbons (Fsp3) is 0.161. The summed E-state index contributed by atoms with van der Waals surface area (Å²) in [4.78, 5) is 30.8. The predicted molar refractivity (Wildman–Crippen MR) is 147 cm³/mol. The van der Waals surface area contributed by atoms with Gasteiger partial charge in [-0.25, -0.2) is 0 Å². The summed E-state index contributed by atoms with van der Waals surface area (Å²) in [7, 11) is 3.50. The van der Waals surface area contributed by atoms with Crippen LogP contribution < -0.4 is 19.3 Å². The lowest BCUT2D eigenvalue weighted by atomic mass is 9.91. The lowest BCUT2D eigenvalue weighted by molar-refractivity contribution is -0.132. The largest absolute Gasteiger partial charge is 0.507 e. The van der Waals surface area contributed by atoms with Gasteiger partial charge in [-0.15, -0.1) is 0 Å². The minimum Gasteiger partial charge on any atom is -0.507 e. The lowest BCUT2D eigenvalue weighted by Crippen LogP contribution is -2.29. The number of Topliss-reactive ketones (excluding diaryl/α,β-unsaturated/α-hetero) is 1. The Bertz CT molecular complexity index is 1620. The highest BCUT2D eigenvalue weighted by Crippen LogP contribution is 2.45. The number of carbonyl (C=O) groups is 2. The van der Waals surface area contributed by atoms with Crippen LogP contribution in [0, 0.1) is 0 Å². The number of nitrogens with zero attached hydrogens (tertiary/aromatic N) is 2. The quantitative estimate of drug-likeness (QED) is 0.230. The van der Waals surface area contributed by atoms with E-state index in [-0.39, 0.29) is 11.3 Å². The molecule has 2 heterocycles. The summed E-state index contributed by atoms with van der Waals surface area (Å²) in [5.41, 5.74) is 2.53. The molecule has 0 bridgehead atoms. The van der Waals surface area contributed by atoms with Crippen LogP contribution in [0.2, 0.25) is 0 Å². The molecule has 4 aromatic rings. The zero-order valence-corrected chi connectivity index (χ0v) is 21.0. The number of amides is 1. The van der Waals surface area contributed by atoms with E-state index < -0.39 is 17.7 Å². The van der Waals surface area contributed by atoms with E-state index >= 15 is 0 Å². The molecule has 4 aromatic carbocycles. The van der Waals surface area contributed by atoms with Crippen molar-refractivity contribution in [3.63, 3.8) is 0 Å². The van der Waals surface area contributed by atoms with E-state index in [0.717, 1.165) is 22.0 Å². The molecule has 190 valence electrons. The van der Waals surface area contributed by atoms with Crippen molar-refractivity contribution in [3.8, 4) is 11.5 Å². The summed E-state index contributed by atoms with van der Waals surface area (Å²) in [6.07, 6.45) is 0. The molecule has 1 N–H and O–H groups in total. The Hall–Kier alpha value is -4.78. The number of hydrogen-bond acceptors (Lipinski definition) is 6. The van der Waals surface area contributed by atoms with Gasteiger partial charge >= 0.3 is 0 Å². The van der Waals surface area contributed by atoms with Gasteiger partial charge in [0.15, 0.2) is 0 Å². The average molecular weight is 507 g/mol. The van der Waals surface area contributed by atoms with E-state index in [4.69, 9.17) is 9.47 Å². The topological polar surface area (TPSA) is 79.3 Å². The number of methoxy groups -OCH3 is 1. The van der Waals surface area contributed by atoms with Crippen LogP contribution in [0.5, 0.6) is 11.5 Å². The van der Waals surface area contributed by atoms with E-state index in [0.29, 0.717) is 35.9 Å². The number of aliphatic hydroxyl groups is 1. The molecule has 0 saturated carbocycles. The van der Waals surface area contributed by atoms with Crippen molar-refractivity contribution in [1.82, 2.24) is 0 Å². The minimum absolute atomic E-state index is 0.0357. The number of hydrogen-bond donors (Lipinski definition) is 1. The van der Waals surface area contributed by atoms with Gasteiger partial charge < -0.3 is 19.5 Å². The van der Waals surface area contributed by atoms with Crippen LogP contribution in [-0.2, 0) is 9.59 Å². The predicted octanol–water partition coefficient (Wildman–Crippen LogP) is 5.30. The second kappa shape index (κ2) is 9.27. The summed E-state index contributed by atoms with van der Waals surface area (Å²) in [5.74, 6) is -0.424. The van der Waals surface area contributed by atoms with Crippen LogP contribution in [0.1, 0.15) is 17.2 Å². The molecule has 0 spiro atoms. The number of fused-ring (bicyclic) bond motifs is 2. The van der Waals surface area contributed by atoms with Crippen LogP contribution >= 0.6 is 0 Å². The molecule has 1 amide bonds. The van der Waals surface area contributed by atoms with Crippen LogP contribution in [-0.4, -0.2) is 44.1 Å². The molecule has 1 saturated heterocycles. The fourth-order valence-electron chi connectivity index (χ4n) is 5.30. The Morgan fingerprint density at radius 3 is 2.61 bits per heavy atom. The van der Waals surface area contributed by atoms with E-state index in [1.54, 1.807) is 49.6 Å². The third-order valence-corrected chi connectivity index (χ3v) is 7.22. The summed E-state index contributed by atoms with van der Waals surface area (Å²) in [6, 6.07) is 25.0. The summed E-state index contributed by atoms with van der Waals surface area (Å²) in [5, 5.41) is 13.5. The van der Waals surface area contributed by atoms with Gasteiger partial charge in [0, 0.05) is 24.4 Å². The Labute approximate surface area is 220 Å². The van der Waals surface area contributed by atoms with Crippen molar-refractivity contribution in [2.75, 3.05) is 37.1 Å². The zero-order valence-electron chi connectivity index (χ0n) is 21.0. The van der Waals surface area contributed by atoms with Gasteiger partial charge in [0.2, 0.25) is 0 Å². The Morgan fingerprint density at radius 2 is 1.76 bits per heavy atom. The number of rotatable bonds is 4. The maximum Gasteiger partial charge on any atom is 0.300 e. The maximum atomic E-state index is 13.7. The number of likely N-dealkylation sites (N-methyl/N-ethyl adjacent to an activating group) is 1. The highest BCUT2D eigenvalue weighted by molar-refractivity contribution is 6.52. The van der Waals surface area contributed by atoms with Gasteiger partial charge in [0.1, 0.15) is 23.9 Å². The van der Waals surface area contributed by atoms with Gasteiger partial charge in [-0.3, -0.25) is 14.5 Å². The molecule has 2 aliphatic heterocycles. The molecule has 38 heavy (non-hydrogen) atoms. The smallest absolute Gasteiger partial charge is 0.300 e. The van der Waals surface area contributed by atoms with Gasteiger partial charge in [0.25, 0.3) is 11.7 Å². The van der Waals surface area contributed by atoms with Crippen molar-refractivity contribution < 1.29 is 24.2 Å². The molecule has 2 aliphatic rings. The fourth-order valence-corrected chi connectivity index (χ4v) is 5.30. The van der Waals surface area contributed by atoms with Gasteiger partial charge in [-0.2, -0.15) is 0 Å². The third-order valence-electron chi connectivity index (χ3n) is 7.22. The monoisotopic (exact) mass is 506 g/mol. The molecule has 0 aliphatic carbocycles. The van der Waals surface area contributed by atoms with Crippen molar-refractivity contribution in [2.45, 2.75) is 6.04 Å². The molecule has 0 aromatic heterocycles. The van der Waals surface area contributed by atoms with Crippen LogP contribution in [0.25, 0.3) is 16.5 Å². The molecule has 7 heteroatoms.